The molecule has 0 aromatic heterocycles. The predicted octanol–water partition coefficient (Wildman–Crippen LogP) is 2.83. The maximum atomic E-state index is 11.9. The van der Waals surface area contributed by atoms with Gasteiger partial charge in [0.05, 0.1) is 0 Å². The van der Waals surface area contributed by atoms with Gasteiger partial charge in [0, 0.05) is 11.6 Å². The first kappa shape index (κ1) is 11.8. The Kier molecular flexibility index (Phi) is 3.89. The van der Waals surface area contributed by atoms with Crippen molar-refractivity contribution in [3.63, 3.8) is 0 Å². The first-order chi connectivity index (χ1) is 7.06. The monoisotopic (exact) mass is 205 g/mol. The molecule has 1 unspecified atom stereocenters. The average molecular weight is 205 g/mol. The first-order valence-corrected chi connectivity index (χ1v) is 5.43. The summed E-state index contributed by atoms with van der Waals surface area (Å²) in [5, 5.41) is 2.99. The minimum Gasteiger partial charge on any atom is -0.350 e. The molecule has 1 amide bonds. The molecule has 15 heavy (non-hydrogen) atoms. The van der Waals surface area contributed by atoms with E-state index < -0.39 is 0 Å². The molecule has 0 heterocycles. The molecule has 0 saturated carbocycles. The van der Waals surface area contributed by atoms with Crippen molar-refractivity contribution < 1.29 is 4.79 Å². The molecule has 0 fully saturated rings. The third-order valence-corrected chi connectivity index (χ3v) is 2.70. The van der Waals surface area contributed by atoms with E-state index in [1.54, 1.807) is 0 Å². The van der Waals surface area contributed by atoms with Crippen molar-refractivity contribution in [3.8, 4) is 0 Å². The SMILES string of the molecule is CCC(C)NC(=O)c1c(C)cccc1C. The van der Waals surface area contributed by atoms with Gasteiger partial charge in [0.15, 0.2) is 0 Å². The zero-order chi connectivity index (χ0) is 11.4. The summed E-state index contributed by atoms with van der Waals surface area (Å²) in [6.07, 6.45) is 0.955. The van der Waals surface area contributed by atoms with E-state index >= 15 is 0 Å². The fourth-order valence-electron chi connectivity index (χ4n) is 1.57. The molecule has 0 radical (unpaired) electrons. The Hall–Kier alpha value is -1.31. The van der Waals surface area contributed by atoms with Crippen LogP contribution in [-0.4, -0.2) is 11.9 Å². The average Bonchev–Trinajstić information content (AvgIpc) is 2.17. The summed E-state index contributed by atoms with van der Waals surface area (Å²) < 4.78 is 0. The fraction of sp³-hybridized carbons (Fsp3) is 0.462. The summed E-state index contributed by atoms with van der Waals surface area (Å²) in [4.78, 5) is 11.9. The summed E-state index contributed by atoms with van der Waals surface area (Å²) in [5.41, 5.74) is 2.89. The molecule has 82 valence electrons. The fourth-order valence-corrected chi connectivity index (χ4v) is 1.57. The van der Waals surface area contributed by atoms with Crippen LogP contribution >= 0.6 is 0 Å². The van der Waals surface area contributed by atoms with Crippen LogP contribution in [0, 0.1) is 13.8 Å². The number of rotatable bonds is 3. The third kappa shape index (κ3) is 2.82. The molecule has 2 heteroatoms. The van der Waals surface area contributed by atoms with E-state index in [9.17, 15) is 4.79 Å². The molecule has 1 atom stereocenters. The second-order valence-electron chi connectivity index (χ2n) is 4.05. The van der Waals surface area contributed by atoms with Crippen molar-refractivity contribution in [2.45, 2.75) is 40.2 Å². The molecule has 0 saturated heterocycles. The van der Waals surface area contributed by atoms with Crippen molar-refractivity contribution in [1.82, 2.24) is 5.32 Å². The highest BCUT2D eigenvalue weighted by atomic mass is 16.1. The van der Waals surface area contributed by atoms with E-state index in [1.165, 1.54) is 0 Å². The number of aryl methyl sites for hydroxylation is 2. The number of hydrogen-bond donors (Lipinski definition) is 1. The van der Waals surface area contributed by atoms with Crippen LogP contribution in [0.15, 0.2) is 18.2 Å². The standard InChI is InChI=1S/C13H19NO/c1-5-11(4)14-13(15)12-9(2)7-6-8-10(12)3/h6-8,11H,5H2,1-4H3,(H,14,15). The summed E-state index contributed by atoms with van der Waals surface area (Å²) in [5.74, 6) is 0.0416. The molecular formula is C13H19NO. The Morgan fingerprint density at radius 3 is 2.33 bits per heavy atom. The maximum Gasteiger partial charge on any atom is 0.252 e. The zero-order valence-electron chi connectivity index (χ0n) is 9.92. The number of nitrogens with one attached hydrogen (secondary N) is 1. The summed E-state index contributed by atoms with van der Waals surface area (Å²) in [7, 11) is 0. The van der Waals surface area contributed by atoms with E-state index in [2.05, 4.69) is 12.2 Å². The van der Waals surface area contributed by atoms with Gasteiger partial charge in [0.2, 0.25) is 0 Å². The minimum absolute atomic E-state index is 0.0416. The molecule has 0 aliphatic carbocycles. The summed E-state index contributed by atoms with van der Waals surface area (Å²) in [6.45, 7) is 8.03. The van der Waals surface area contributed by atoms with E-state index in [0.29, 0.717) is 0 Å². The van der Waals surface area contributed by atoms with Crippen LogP contribution in [0.25, 0.3) is 0 Å². The number of amides is 1. The van der Waals surface area contributed by atoms with Crippen LogP contribution in [-0.2, 0) is 0 Å². The summed E-state index contributed by atoms with van der Waals surface area (Å²) >= 11 is 0. The van der Waals surface area contributed by atoms with Crippen molar-refractivity contribution in [1.29, 1.82) is 0 Å². The summed E-state index contributed by atoms with van der Waals surface area (Å²) in [6, 6.07) is 6.15. The number of benzene rings is 1. The minimum atomic E-state index is 0.0416. The van der Waals surface area contributed by atoms with E-state index in [-0.39, 0.29) is 11.9 Å². The van der Waals surface area contributed by atoms with Gasteiger partial charge in [0.1, 0.15) is 0 Å². The van der Waals surface area contributed by atoms with Gasteiger partial charge in [-0.2, -0.15) is 0 Å². The Morgan fingerprint density at radius 2 is 1.87 bits per heavy atom. The molecule has 0 aliphatic rings. The lowest BCUT2D eigenvalue weighted by Gasteiger charge is -2.14. The van der Waals surface area contributed by atoms with Gasteiger partial charge in [0.25, 0.3) is 5.91 Å². The Balaban J connectivity index is 2.91. The van der Waals surface area contributed by atoms with Crippen molar-refractivity contribution >= 4 is 5.91 Å². The van der Waals surface area contributed by atoms with Crippen molar-refractivity contribution in [2.24, 2.45) is 0 Å². The molecule has 1 rings (SSSR count). The van der Waals surface area contributed by atoms with E-state index in [1.807, 2.05) is 39.0 Å². The van der Waals surface area contributed by atoms with Gasteiger partial charge in [-0.1, -0.05) is 25.1 Å². The normalized spacial score (nSPS) is 12.3. The second kappa shape index (κ2) is 4.96. The highest BCUT2D eigenvalue weighted by Gasteiger charge is 2.12. The smallest absolute Gasteiger partial charge is 0.252 e. The number of carbonyl (C=O) groups is 1. The number of carbonyl (C=O) groups excluding carboxylic acids is 1. The molecule has 1 aromatic carbocycles. The number of hydrogen-bond acceptors (Lipinski definition) is 1. The molecular weight excluding hydrogens is 186 g/mol. The van der Waals surface area contributed by atoms with Crippen LogP contribution in [0.5, 0.6) is 0 Å². The lowest BCUT2D eigenvalue weighted by atomic mass is 10.0. The first-order valence-electron chi connectivity index (χ1n) is 5.43. The van der Waals surface area contributed by atoms with Crippen LogP contribution in [0.3, 0.4) is 0 Å². The van der Waals surface area contributed by atoms with Crippen molar-refractivity contribution in [3.05, 3.63) is 34.9 Å². The van der Waals surface area contributed by atoms with Crippen LogP contribution in [0.2, 0.25) is 0 Å². The van der Waals surface area contributed by atoms with E-state index in [0.717, 1.165) is 23.1 Å². The zero-order valence-corrected chi connectivity index (χ0v) is 9.92. The lowest BCUT2D eigenvalue weighted by Crippen LogP contribution is -2.32. The second-order valence-corrected chi connectivity index (χ2v) is 4.05. The van der Waals surface area contributed by atoms with Gasteiger partial charge in [-0.3, -0.25) is 4.79 Å². The van der Waals surface area contributed by atoms with Crippen LogP contribution < -0.4 is 5.32 Å². The molecule has 1 N–H and O–H groups in total. The molecule has 0 spiro atoms. The Morgan fingerprint density at radius 1 is 1.33 bits per heavy atom. The maximum absolute atomic E-state index is 11.9. The largest absolute Gasteiger partial charge is 0.350 e. The third-order valence-electron chi connectivity index (χ3n) is 2.70. The van der Waals surface area contributed by atoms with Gasteiger partial charge in [-0.05, 0) is 38.3 Å². The van der Waals surface area contributed by atoms with Crippen molar-refractivity contribution in [2.75, 3.05) is 0 Å². The van der Waals surface area contributed by atoms with Crippen LogP contribution in [0.4, 0.5) is 0 Å². The Labute approximate surface area is 91.7 Å². The van der Waals surface area contributed by atoms with Gasteiger partial charge in [-0.25, -0.2) is 0 Å². The molecule has 0 aliphatic heterocycles. The highest BCUT2D eigenvalue weighted by Crippen LogP contribution is 2.13. The Bertz CT molecular complexity index is 337. The van der Waals surface area contributed by atoms with Gasteiger partial charge in [-0.15, -0.1) is 0 Å². The van der Waals surface area contributed by atoms with E-state index in [4.69, 9.17) is 0 Å². The molecule has 0 bridgehead atoms. The van der Waals surface area contributed by atoms with Crippen LogP contribution in [0.1, 0.15) is 41.8 Å². The predicted molar refractivity (Wildman–Crippen MR) is 63.1 cm³/mol. The lowest BCUT2D eigenvalue weighted by molar-refractivity contribution is 0.0938. The molecule has 1 aromatic rings. The highest BCUT2D eigenvalue weighted by molar-refractivity contribution is 5.97. The van der Waals surface area contributed by atoms with Gasteiger partial charge < -0.3 is 5.32 Å². The molecule has 2 nitrogen and oxygen atoms in total. The topological polar surface area (TPSA) is 29.1 Å². The van der Waals surface area contributed by atoms with Gasteiger partial charge >= 0.3 is 0 Å². The quantitative estimate of drug-likeness (QED) is 0.807.